The second-order valence-corrected chi connectivity index (χ2v) is 8.96. The number of piperazine rings is 1. The van der Waals surface area contributed by atoms with Crippen molar-refractivity contribution >= 4 is 54.8 Å². The van der Waals surface area contributed by atoms with E-state index >= 15 is 0 Å². The van der Waals surface area contributed by atoms with Gasteiger partial charge in [-0.25, -0.2) is 0 Å². The van der Waals surface area contributed by atoms with E-state index in [2.05, 4.69) is 68.8 Å². The second-order valence-electron chi connectivity index (χ2n) is 5.73. The molecule has 0 spiro atoms. The summed E-state index contributed by atoms with van der Waals surface area (Å²) in [6.45, 7) is 7.60. The van der Waals surface area contributed by atoms with Crippen LogP contribution in [0.5, 0.6) is 0 Å². The lowest BCUT2D eigenvalue weighted by Gasteiger charge is -2.36. The maximum Gasteiger partial charge on any atom is 0.264 e. The molecule has 0 bridgehead atoms. The van der Waals surface area contributed by atoms with Crippen molar-refractivity contribution in [3.8, 4) is 0 Å². The predicted molar refractivity (Wildman–Crippen MR) is 104 cm³/mol. The fourth-order valence-electron chi connectivity index (χ4n) is 2.84. The number of hydrogen-bond acceptors (Lipinski definition) is 3. The molecular weight excluding hydrogens is 440 g/mol. The van der Waals surface area contributed by atoms with E-state index in [4.69, 9.17) is 0 Å². The molecule has 1 aliphatic heterocycles. The van der Waals surface area contributed by atoms with Gasteiger partial charge in [0.25, 0.3) is 5.91 Å². The van der Waals surface area contributed by atoms with E-state index < -0.39 is 0 Å². The van der Waals surface area contributed by atoms with Crippen LogP contribution in [-0.2, 0) is 0 Å². The number of rotatable bonds is 2. The minimum absolute atomic E-state index is 0.127. The molecule has 1 aromatic carbocycles. The molecule has 23 heavy (non-hydrogen) atoms. The lowest BCUT2D eigenvalue weighted by Crippen LogP contribution is -2.48. The molecule has 0 radical (unpaired) electrons. The number of amides is 1. The van der Waals surface area contributed by atoms with Gasteiger partial charge in [-0.05, 0) is 69.0 Å². The van der Waals surface area contributed by atoms with Gasteiger partial charge in [-0.1, -0.05) is 12.1 Å². The first-order chi connectivity index (χ1) is 11.0. The number of carbonyl (C=O) groups is 1. The van der Waals surface area contributed by atoms with Crippen molar-refractivity contribution in [2.45, 2.75) is 13.8 Å². The van der Waals surface area contributed by atoms with E-state index in [1.807, 2.05) is 11.0 Å². The predicted octanol–water partition coefficient (Wildman–Crippen LogP) is 4.85. The number of halogens is 2. The molecule has 1 saturated heterocycles. The van der Waals surface area contributed by atoms with E-state index in [0.717, 1.165) is 39.3 Å². The van der Waals surface area contributed by atoms with E-state index in [1.165, 1.54) is 28.2 Å². The van der Waals surface area contributed by atoms with Crippen molar-refractivity contribution in [3.05, 3.63) is 48.5 Å². The highest BCUT2D eigenvalue weighted by molar-refractivity contribution is 9.13. The van der Waals surface area contributed by atoms with Crippen LogP contribution in [-0.4, -0.2) is 37.0 Å². The van der Waals surface area contributed by atoms with Crippen molar-refractivity contribution in [3.63, 3.8) is 0 Å². The molecule has 2 aromatic rings. The average molecular weight is 458 g/mol. The summed E-state index contributed by atoms with van der Waals surface area (Å²) in [4.78, 5) is 17.7. The van der Waals surface area contributed by atoms with Gasteiger partial charge in [0.15, 0.2) is 0 Å². The lowest BCUT2D eigenvalue weighted by molar-refractivity contribution is 0.0751. The molecule has 6 heteroatoms. The van der Waals surface area contributed by atoms with Crippen LogP contribution in [0.3, 0.4) is 0 Å². The number of hydrogen-bond donors (Lipinski definition) is 0. The van der Waals surface area contributed by atoms with Crippen LogP contribution in [0.15, 0.2) is 32.5 Å². The Morgan fingerprint density at radius 2 is 1.83 bits per heavy atom. The smallest absolute Gasteiger partial charge is 0.264 e. The van der Waals surface area contributed by atoms with Gasteiger partial charge in [0.05, 0.1) is 8.66 Å². The zero-order valence-electron chi connectivity index (χ0n) is 13.1. The SMILES string of the molecule is Cc1cccc(N2CCN(C(=O)c3cc(Br)c(Br)s3)CC2)c1C. The van der Waals surface area contributed by atoms with Gasteiger partial charge in [0.1, 0.15) is 0 Å². The standard InChI is InChI=1S/C17H18Br2N2OS/c1-11-4-3-5-14(12(11)2)20-6-8-21(9-7-20)17(22)15-10-13(18)16(19)23-15/h3-5,10H,6-9H2,1-2H3. The van der Waals surface area contributed by atoms with Crippen molar-refractivity contribution in [1.29, 1.82) is 0 Å². The summed E-state index contributed by atoms with van der Waals surface area (Å²) < 4.78 is 1.91. The first kappa shape index (κ1) is 17.0. The molecule has 0 N–H and O–H groups in total. The van der Waals surface area contributed by atoms with Gasteiger partial charge in [0.2, 0.25) is 0 Å². The molecule has 1 aromatic heterocycles. The molecule has 1 aliphatic rings. The van der Waals surface area contributed by atoms with E-state index in [-0.39, 0.29) is 5.91 Å². The zero-order valence-corrected chi connectivity index (χ0v) is 17.1. The summed E-state index contributed by atoms with van der Waals surface area (Å²) in [7, 11) is 0. The number of anilines is 1. The van der Waals surface area contributed by atoms with Crippen molar-refractivity contribution in [2.24, 2.45) is 0 Å². The van der Waals surface area contributed by atoms with Crippen LogP contribution in [0, 0.1) is 13.8 Å². The molecule has 1 amide bonds. The van der Waals surface area contributed by atoms with Gasteiger partial charge in [0, 0.05) is 36.3 Å². The number of benzene rings is 1. The summed E-state index contributed by atoms with van der Waals surface area (Å²) in [6.07, 6.45) is 0. The second kappa shape index (κ2) is 6.95. The quantitative estimate of drug-likeness (QED) is 0.643. The zero-order chi connectivity index (χ0) is 16.6. The Balaban J connectivity index is 1.68. The van der Waals surface area contributed by atoms with Crippen LogP contribution in [0.4, 0.5) is 5.69 Å². The van der Waals surface area contributed by atoms with Crippen molar-refractivity contribution < 1.29 is 4.79 Å². The lowest BCUT2D eigenvalue weighted by atomic mass is 10.1. The Hall–Kier alpha value is -0.850. The monoisotopic (exact) mass is 456 g/mol. The first-order valence-electron chi connectivity index (χ1n) is 7.52. The van der Waals surface area contributed by atoms with E-state index in [9.17, 15) is 4.79 Å². The molecular formula is C17H18Br2N2OS. The third-order valence-electron chi connectivity index (χ3n) is 4.34. The maximum absolute atomic E-state index is 12.6. The summed E-state index contributed by atoms with van der Waals surface area (Å²) in [5.74, 6) is 0.127. The Morgan fingerprint density at radius 1 is 1.13 bits per heavy atom. The first-order valence-corrected chi connectivity index (χ1v) is 9.93. The maximum atomic E-state index is 12.6. The summed E-state index contributed by atoms with van der Waals surface area (Å²) in [6, 6.07) is 8.32. The van der Waals surface area contributed by atoms with Crippen LogP contribution in [0.25, 0.3) is 0 Å². The number of thiophene rings is 1. The van der Waals surface area contributed by atoms with Crippen LogP contribution in [0.2, 0.25) is 0 Å². The fraction of sp³-hybridized carbons (Fsp3) is 0.353. The highest BCUT2D eigenvalue weighted by atomic mass is 79.9. The third kappa shape index (κ3) is 3.49. The van der Waals surface area contributed by atoms with Gasteiger partial charge < -0.3 is 9.80 Å². The number of carbonyl (C=O) groups excluding carboxylic acids is 1. The average Bonchev–Trinajstić information content (AvgIpc) is 2.89. The number of aryl methyl sites for hydroxylation is 1. The highest BCUT2D eigenvalue weighted by Gasteiger charge is 2.24. The van der Waals surface area contributed by atoms with Crippen molar-refractivity contribution in [2.75, 3.05) is 31.1 Å². The molecule has 0 atom stereocenters. The largest absolute Gasteiger partial charge is 0.368 e. The van der Waals surface area contributed by atoms with Crippen molar-refractivity contribution in [1.82, 2.24) is 4.90 Å². The minimum Gasteiger partial charge on any atom is -0.368 e. The summed E-state index contributed by atoms with van der Waals surface area (Å²) >= 11 is 8.39. The normalized spacial score (nSPS) is 15.1. The molecule has 3 nitrogen and oxygen atoms in total. The Bertz CT molecular complexity index is 717. The third-order valence-corrected chi connectivity index (χ3v) is 7.58. The van der Waals surface area contributed by atoms with E-state index in [0.29, 0.717) is 0 Å². The highest BCUT2D eigenvalue weighted by Crippen LogP contribution is 2.33. The van der Waals surface area contributed by atoms with Gasteiger partial charge in [-0.2, -0.15) is 0 Å². The molecule has 2 heterocycles. The van der Waals surface area contributed by atoms with E-state index in [1.54, 1.807) is 0 Å². The molecule has 122 valence electrons. The summed E-state index contributed by atoms with van der Waals surface area (Å²) in [5.41, 5.74) is 3.94. The number of nitrogens with zero attached hydrogens (tertiary/aromatic N) is 2. The topological polar surface area (TPSA) is 23.6 Å². The van der Waals surface area contributed by atoms with Crippen LogP contribution in [0.1, 0.15) is 20.8 Å². The Kier molecular flexibility index (Phi) is 5.13. The molecule has 1 fully saturated rings. The molecule has 0 aliphatic carbocycles. The van der Waals surface area contributed by atoms with Crippen LogP contribution >= 0.6 is 43.2 Å². The molecule has 3 rings (SSSR count). The van der Waals surface area contributed by atoms with Crippen LogP contribution < -0.4 is 4.90 Å². The van der Waals surface area contributed by atoms with Gasteiger partial charge in [-0.15, -0.1) is 11.3 Å². The fourth-order valence-corrected chi connectivity index (χ4v) is 4.84. The molecule has 0 saturated carbocycles. The van der Waals surface area contributed by atoms with Gasteiger partial charge in [-0.3, -0.25) is 4.79 Å². The minimum atomic E-state index is 0.127. The molecule has 0 unspecified atom stereocenters. The Morgan fingerprint density at radius 3 is 2.43 bits per heavy atom. The van der Waals surface area contributed by atoms with Gasteiger partial charge >= 0.3 is 0 Å². The summed E-state index contributed by atoms with van der Waals surface area (Å²) in [5, 5.41) is 0. The Labute approximate surface area is 157 Å².